The van der Waals surface area contributed by atoms with Crippen LogP contribution in [0, 0.1) is 0 Å². The van der Waals surface area contributed by atoms with Crippen molar-refractivity contribution in [2.45, 2.75) is 38.2 Å². The van der Waals surface area contributed by atoms with Gasteiger partial charge in [-0.2, -0.15) is 0 Å². The van der Waals surface area contributed by atoms with E-state index in [0.29, 0.717) is 0 Å². The van der Waals surface area contributed by atoms with Gasteiger partial charge in [0.05, 0.1) is 0 Å². The molecule has 0 nitrogen and oxygen atoms in total. The summed E-state index contributed by atoms with van der Waals surface area (Å²) < 4.78 is 0. The van der Waals surface area contributed by atoms with Gasteiger partial charge in [-0.05, 0) is 0 Å². The third-order valence-electron chi connectivity index (χ3n) is 0.979. The van der Waals surface area contributed by atoms with E-state index >= 15 is 0 Å². The second-order valence-corrected chi connectivity index (χ2v) is 8.02. The minimum atomic E-state index is -0.190. The van der Waals surface area contributed by atoms with Gasteiger partial charge in [0, 0.05) is 18.3 Å². The first-order valence-corrected chi connectivity index (χ1v) is 8.02. The van der Waals surface area contributed by atoms with Crippen LogP contribution in [0.15, 0.2) is 0 Å². The summed E-state index contributed by atoms with van der Waals surface area (Å²) in [7, 11) is 1.08. The quantitative estimate of drug-likeness (QED) is 0.418. The van der Waals surface area contributed by atoms with E-state index in [0.717, 1.165) is 0 Å². The SMILES string of the molecule is CCC[Si]C[SiH](C)C. The molecule has 0 saturated carbocycles. The van der Waals surface area contributed by atoms with Crippen LogP contribution in [0.4, 0.5) is 0 Å². The fraction of sp³-hybridized carbons (Fsp3) is 1.00. The van der Waals surface area contributed by atoms with E-state index in [1.54, 1.807) is 5.67 Å². The Bertz CT molecular complexity index is 43.8. The fourth-order valence-corrected chi connectivity index (χ4v) is 4.05. The Morgan fingerprint density at radius 2 is 2.00 bits per heavy atom. The molecule has 0 aromatic carbocycles. The average Bonchev–Trinajstić information content (AvgIpc) is 1.66. The van der Waals surface area contributed by atoms with Crippen molar-refractivity contribution < 1.29 is 0 Å². The molecule has 48 valence electrons. The van der Waals surface area contributed by atoms with E-state index in [-0.39, 0.29) is 8.80 Å². The normalized spacial score (nSPS) is 10.5. The van der Waals surface area contributed by atoms with Crippen LogP contribution in [0.1, 0.15) is 13.3 Å². The summed E-state index contributed by atoms with van der Waals surface area (Å²) in [6, 6.07) is 1.48. The van der Waals surface area contributed by atoms with Crippen molar-refractivity contribution in [2.24, 2.45) is 0 Å². The summed E-state index contributed by atoms with van der Waals surface area (Å²) >= 11 is 0. The number of rotatable bonds is 4. The van der Waals surface area contributed by atoms with Gasteiger partial charge in [0.15, 0.2) is 0 Å². The first-order valence-electron chi connectivity index (χ1n) is 3.48. The molecule has 0 aliphatic rings. The lowest BCUT2D eigenvalue weighted by Gasteiger charge is -1.97. The number of hydrogen-bond donors (Lipinski definition) is 0. The number of hydrogen-bond acceptors (Lipinski definition) is 0. The van der Waals surface area contributed by atoms with Crippen molar-refractivity contribution in [3.05, 3.63) is 0 Å². The van der Waals surface area contributed by atoms with Crippen molar-refractivity contribution in [2.75, 3.05) is 0 Å². The molecule has 0 amide bonds. The zero-order valence-electron chi connectivity index (χ0n) is 6.20. The summed E-state index contributed by atoms with van der Waals surface area (Å²) in [5.41, 5.74) is 1.58. The van der Waals surface area contributed by atoms with Crippen molar-refractivity contribution in [1.82, 2.24) is 0 Å². The molecular weight excluding hydrogens is 128 g/mol. The van der Waals surface area contributed by atoms with Crippen LogP contribution < -0.4 is 0 Å². The summed E-state index contributed by atoms with van der Waals surface area (Å²) in [4.78, 5) is 0. The molecule has 0 aliphatic heterocycles. The van der Waals surface area contributed by atoms with Crippen molar-refractivity contribution in [3.8, 4) is 0 Å². The topological polar surface area (TPSA) is 0 Å². The molecule has 0 aromatic rings. The van der Waals surface area contributed by atoms with Gasteiger partial charge in [-0.3, -0.25) is 0 Å². The Kier molecular flexibility index (Phi) is 5.87. The van der Waals surface area contributed by atoms with Crippen LogP contribution in [-0.4, -0.2) is 18.3 Å². The standard InChI is InChI=1S/C6H16Si2/c1-4-5-7-6-8(2)3/h8H,4-6H2,1-3H3. The molecule has 0 atom stereocenters. The molecule has 2 heteroatoms. The lowest BCUT2D eigenvalue weighted by atomic mass is 10.6. The first kappa shape index (κ1) is 8.43. The van der Waals surface area contributed by atoms with Gasteiger partial charge >= 0.3 is 0 Å². The van der Waals surface area contributed by atoms with Gasteiger partial charge in [-0.15, -0.1) is 0 Å². The minimum Gasteiger partial charge on any atom is -0.0724 e. The highest BCUT2D eigenvalue weighted by atomic mass is 28.3. The molecule has 0 N–H and O–H groups in total. The molecule has 0 saturated heterocycles. The van der Waals surface area contributed by atoms with E-state index in [9.17, 15) is 0 Å². The Hall–Kier alpha value is 0.434. The highest BCUT2D eigenvalue weighted by Crippen LogP contribution is 1.93. The summed E-state index contributed by atoms with van der Waals surface area (Å²) in [6.45, 7) is 7.14. The molecule has 0 aromatic heterocycles. The third kappa shape index (κ3) is 6.43. The largest absolute Gasteiger partial charge is 0.0724 e. The predicted octanol–water partition coefficient (Wildman–Crippen LogP) is 1.96. The van der Waals surface area contributed by atoms with E-state index in [4.69, 9.17) is 0 Å². The molecule has 0 heterocycles. The van der Waals surface area contributed by atoms with Crippen molar-refractivity contribution in [3.63, 3.8) is 0 Å². The Morgan fingerprint density at radius 1 is 1.38 bits per heavy atom. The monoisotopic (exact) mass is 144 g/mol. The van der Waals surface area contributed by atoms with E-state index in [2.05, 4.69) is 20.0 Å². The van der Waals surface area contributed by atoms with Crippen LogP contribution >= 0.6 is 0 Å². The van der Waals surface area contributed by atoms with Crippen molar-refractivity contribution in [1.29, 1.82) is 0 Å². The van der Waals surface area contributed by atoms with Crippen molar-refractivity contribution >= 4 is 18.3 Å². The Labute approximate surface area is 57.1 Å². The lowest BCUT2D eigenvalue weighted by molar-refractivity contribution is 1.07. The van der Waals surface area contributed by atoms with Gasteiger partial charge in [0.2, 0.25) is 0 Å². The highest BCUT2D eigenvalue weighted by molar-refractivity contribution is 6.67. The van der Waals surface area contributed by atoms with Gasteiger partial charge < -0.3 is 0 Å². The summed E-state index contributed by atoms with van der Waals surface area (Å²) in [5, 5.41) is 0. The van der Waals surface area contributed by atoms with E-state index in [1.807, 2.05) is 0 Å². The fourth-order valence-electron chi connectivity index (χ4n) is 0.568. The molecule has 0 unspecified atom stereocenters. The second-order valence-electron chi connectivity index (χ2n) is 2.60. The van der Waals surface area contributed by atoms with Gasteiger partial charge in [-0.25, -0.2) is 0 Å². The van der Waals surface area contributed by atoms with Crippen LogP contribution in [0.25, 0.3) is 0 Å². The molecule has 0 bridgehead atoms. The van der Waals surface area contributed by atoms with Gasteiger partial charge in [0.1, 0.15) is 0 Å². The molecule has 2 radical (unpaired) electrons. The molecule has 0 aliphatic carbocycles. The average molecular weight is 144 g/mol. The Balaban J connectivity index is 2.72. The first-order chi connectivity index (χ1) is 3.77. The maximum Gasteiger partial charge on any atom is 0.0344 e. The van der Waals surface area contributed by atoms with E-state index < -0.39 is 0 Å². The van der Waals surface area contributed by atoms with Crippen LogP contribution in [-0.2, 0) is 0 Å². The Morgan fingerprint density at radius 3 is 2.38 bits per heavy atom. The molecule has 8 heavy (non-hydrogen) atoms. The zero-order chi connectivity index (χ0) is 6.41. The third-order valence-corrected chi connectivity index (χ3v) is 6.25. The molecule has 0 rings (SSSR count). The molecule has 0 spiro atoms. The lowest BCUT2D eigenvalue weighted by Crippen LogP contribution is -2.04. The van der Waals surface area contributed by atoms with Crippen LogP contribution in [0.2, 0.25) is 24.8 Å². The second kappa shape index (κ2) is 5.57. The summed E-state index contributed by atoms with van der Waals surface area (Å²) in [6.07, 6.45) is 1.39. The molecular formula is C6H16Si2. The minimum absolute atomic E-state index is 0.190. The van der Waals surface area contributed by atoms with Gasteiger partial charge in [-0.1, -0.05) is 38.2 Å². The molecule has 0 fully saturated rings. The predicted molar refractivity (Wildman–Crippen MR) is 44.5 cm³/mol. The zero-order valence-corrected chi connectivity index (χ0v) is 8.35. The smallest absolute Gasteiger partial charge is 0.0344 e. The van der Waals surface area contributed by atoms with E-state index in [1.165, 1.54) is 22.0 Å². The maximum atomic E-state index is 2.43. The van der Waals surface area contributed by atoms with Crippen LogP contribution in [0.5, 0.6) is 0 Å². The van der Waals surface area contributed by atoms with Crippen LogP contribution in [0.3, 0.4) is 0 Å². The summed E-state index contributed by atoms with van der Waals surface area (Å²) in [5.74, 6) is 0. The van der Waals surface area contributed by atoms with Gasteiger partial charge in [0.25, 0.3) is 0 Å². The maximum absolute atomic E-state index is 2.43. The highest BCUT2D eigenvalue weighted by Gasteiger charge is 1.93.